The van der Waals surface area contributed by atoms with E-state index in [1.54, 1.807) is 0 Å². The van der Waals surface area contributed by atoms with E-state index in [1.807, 2.05) is 0 Å². The quantitative estimate of drug-likeness (QED) is 0.781. The van der Waals surface area contributed by atoms with E-state index >= 15 is 0 Å². The largest absolute Gasteiger partial charge is 0.490 e. The van der Waals surface area contributed by atoms with Gasteiger partial charge in [-0.15, -0.1) is 0 Å². The smallest absolute Gasteiger partial charge is 0.119 e. The zero-order valence-electron chi connectivity index (χ0n) is 10.9. The van der Waals surface area contributed by atoms with Gasteiger partial charge in [-0.1, -0.05) is 26.0 Å². The van der Waals surface area contributed by atoms with Crippen molar-refractivity contribution in [2.45, 2.75) is 39.2 Å². The molecule has 0 bridgehead atoms. The molecule has 1 aromatic rings. The van der Waals surface area contributed by atoms with Crippen molar-refractivity contribution >= 4 is 0 Å². The third-order valence-corrected chi connectivity index (χ3v) is 3.05. The summed E-state index contributed by atoms with van der Waals surface area (Å²) in [5, 5.41) is 3.39. The first-order valence-electron chi connectivity index (χ1n) is 6.74. The summed E-state index contributed by atoms with van der Waals surface area (Å²) in [4.78, 5) is 0. The summed E-state index contributed by atoms with van der Waals surface area (Å²) in [6.07, 6.45) is 4.06. The molecule has 0 aliphatic heterocycles. The van der Waals surface area contributed by atoms with Crippen LogP contribution in [-0.4, -0.2) is 19.2 Å². The molecule has 2 nitrogen and oxygen atoms in total. The molecule has 1 saturated carbocycles. The minimum atomic E-state index is 0.490. The lowest BCUT2D eigenvalue weighted by atomic mass is 10.0. The number of nitrogens with one attached hydrogen (secondary N) is 1. The van der Waals surface area contributed by atoms with Crippen molar-refractivity contribution < 1.29 is 4.74 Å². The van der Waals surface area contributed by atoms with Gasteiger partial charge >= 0.3 is 0 Å². The van der Waals surface area contributed by atoms with Crippen molar-refractivity contribution in [1.29, 1.82) is 0 Å². The van der Waals surface area contributed by atoms with E-state index in [-0.39, 0.29) is 0 Å². The van der Waals surface area contributed by atoms with E-state index in [2.05, 4.69) is 43.4 Å². The molecule has 1 aliphatic rings. The minimum Gasteiger partial charge on any atom is -0.490 e. The van der Waals surface area contributed by atoms with Crippen LogP contribution in [0, 0.1) is 5.92 Å². The molecular formula is C15H23NO. The van der Waals surface area contributed by atoms with Gasteiger partial charge in [0.05, 0.1) is 6.10 Å². The average molecular weight is 233 g/mol. The van der Waals surface area contributed by atoms with Crippen molar-refractivity contribution in [1.82, 2.24) is 5.32 Å². The van der Waals surface area contributed by atoms with Crippen molar-refractivity contribution in [3.05, 3.63) is 29.8 Å². The maximum absolute atomic E-state index is 5.81. The van der Waals surface area contributed by atoms with E-state index in [4.69, 9.17) is 4.74 Å². The third kappa shape index (κ3) is 4.39. The van der Waals surface area contributed by atoms with Crippen LogP contribution in [0.5, 0.6) is 5.75 Å². The monoisotopic (exact) mass is 233 g/mol. The molecule has 1 unspecified atom stereocenters. The molecule has 0 spiro atoms. The Balaban J connectivity index is 1.86. The van der Waals surface area contributed by atoms with Crippen LogP contribution in [0.15, 0.2) is 24.3 Å². The molecule has 1 aromatic carbocycles. The molecule has 0 saturated heterocycles. The summed E-state index contributed by atoms with van der Waals surface area (Å²) >= 11 is 0. The highest BCUT2D eigenvalue weighted by Gasteiger charge is 2.23. The van der Waals surface area contributed by atoms with E-state index < -0.39 is 0 Å². The van der Waals surface area contributed by atoms with Crippen LogP contribution in [0.4, 0.5) is 0 Å². The molecule has 0 radical (unpaired) electrons. The van der Waals surface area contributed by atoms with Gasteiger partial charge < -0.3 is 10.1 Å². The summed E-state index contributed by atoms with van der Waals surface area (Å²) in [5.41, 5.74) is 1.38. The van der Waals surface area contributed by atoms with Gasteiger partial charge in [-0.3, -0.25) is 0 Å². The molecule has 0 amide bonds. The van der Waals surface area contributed by atoms with Gasteiger partial charge in [-0.25, -0.2) is 0 Å². The first kappa shape index (κ1) is 12.4. The van der Waals surface area contributed by atoms with Gasteiger partial charge in [0, 0.05) is 0 Å². The summed E-state index contributed by atoms with van der Waals surface area (Å²) in [5.74, 6) is 1.71. The normalized spacial score (nSPS) is 16.8. The Morgan fingerprint density at radius 3 is 2.94 bits per heavy atom. The molecule has 1 N–H and O–H groups in total. The third-order valence-electron chi connectivity index (χ3n) is 3.05. The highest BCUT2D eigenvalue weighted by molar-refractivity contribution is 5.29. The predicted molar refractivity (Wildman–Crippen MR) is 71.5 cm³/mol. The van der Waals surface area contributed by atoms with Gasteiger partial charge in [-0.2, -0.15) is 0 Å². The molecule has 1 aliphatic carbocycles. The average Bonchev–Trinajstić information content (AvgIpc) is 3.11. The summed E-state index contributed by atoms with van der Waals surface area (Å²) in [6, 6.07) is 8.56. The number of benzene rings is 1. The van der Waals surface area contributed by atoms with E-state index in [0.29, 0.717) is 12.0 Å². The van der Waals surface area contributed by atoms with Crippen molar-refractivity contribution in [3.63, 3.8) is 0 Å². The molecule has 94 valence electrons. The van der Waals surface area contributed by atoms with Gasteiger partial charge in [0.2, 0.25) is 0 Å². The lowest BCUT2D eigenvalue weighted by Gasteiger charge is -2.13. The van der Waals surface area contributed by atoms with Crippen LogP contribution in [0.3, 0.4) is 0 Å². The van der Waals surface area contributed by atoms with E-state index in [9.17, 15) is 0 Å². The van der Waals surface area contributed by atoms with Crippen LogP contribution in [0.2, 0.25) is 0 Å². The maximum atomic E-state index is 5.81. The lowest BCUT2D eigenvalue weighted by Crippen LogP contribution is -2.21. The Morgan fingerprint density at radius 1 is 1.41 bits per heavy atom. The van der Waals surface area contributed by atoms with Gasteiger partial charge in [0.1, 0.15) is 5.75 Å². The fraction of sp³-hybridized carbons (Fsp3) is 0.600. The Labute approximate surface area is 104 Å². The van der Waals surface area contributed by atoms with Crippen LogP contribution in [0.25, 0.3) is 0 Å². The molecule has 2 heteroatoms. The van der Waals surface area contributed by atoms with Gasteiger partial charge in [0.25, 0.3) is 0 Å². The fourth-order valence-corrected chi connectivity index (χ4v) is 1.99. The van der Waals surface area contributed by atoms with Crippen molar-refractivity contribution in [3.8, 4) is 5.75 Å². The van der Waals surface area contributed by atoms with Crippen molar-refractivity contribution in [2.75, 3.05) is 13.1 Å². The summed E-state index contributed by atoms with van der Waals surface area (Å²) in [7, 11) is 0. The number of hydrogen-bond donors (Lipinski definition) is 1. The van der Waals surface area contributed by atoms with Gasteiger partial charge in [0.15, 0.2) is 0 Å². The molecule has 17 heavy (non-hydrogen) atoms. The summed E-state index contributed by atoms with van der Waals surface area (Å²) < 4.78 is 5.81. The van der Waals surface area contributed by atoms with Crippen LogP contribution in [-0.2, 0) is 6.42 Å². The summed E-state index contributed by atoms with van der Waals surface area (Å²) in [6.45, 7) is 6.58. The fourth-order valence-electron chi connectivity index (χ4n) is 1.99. The Bertz CT molecular complexity index is 347. The van der Waals surface area contributed by atoms with E-state index in [0.717, 1.165) is 25.3 Å². The highest BCUT2D eigenvalue weighted by atomic mass is 16.5. The number of ether oxygens (including phenoxy) is 1. The Morgan fingerprint density at radius 2 is 2.24 bits per heavy atom. The first-order chi connectivity index (χ1) is 8.28. The molecule has 2 rings (SSSR count). The van der Waals surface area contributed by atoms with Gasteiger partial charge in [-0.05, 0) is 56.0 Å². The second kappa shape index (κ2) is 6.06. The highest BCUT2D eigenvalue weighted by Crippen LogP contribution is 2.27. The standard InChI is InChI=1S/C15H23NO/c1-3-16-11-12(2)9-13-5-4-6-15(10-13)17-14-7-8-14/h4-6,10,12,14,16H,3,7-9,11H2,1-2H3. The molecule has 1 fully saturated rings. The molecule has 0 aromatic heterocycles. The maximum Gasteiger partial charge on any atom is 0.119 e. The van der Waals surface area contributed by atoms with Crippen molar-refractivity contribution in [2.24, 2.45) is 5.92 Å². The predicted octanol–water partition coefficient (Wildman–Crippen LogP) is 3.02. The topological polar surface area (TPSA) is 21.3 Å². The van der Waals surface area contributed by atoms with E-state index in [1.165, 1.54) is 18.4 Å². The second-order valence-corrected chi connectivity index (χ2v) is 5.08. The molecule has 1 atom stereocenters. The number of hydrogen-bond acceptors (Lipinski definition) is 2. The number of rotatable bonds is 7. The zero-order valence-corrected chi connectivity index (χ0v) is 10.9. The molecular weight excluding hydrogens is 210 g/mol. The Hall–Kier alpha value is -1.02. The van der Waals surface area contributed by atoms with Crippen LogP contribution >= 0.6 is 0 Å². The zero-order chi connectivity index (χ0) is 12.1. The lowest BCUT2D eigenvalue weighted by molar-refractivity contribution is 0.303. The molecule has 0 heterocycles. The SMILES string of the molecule is CCNCC(C)Cc1cccc(OC2CC2)c1. The first-order valence-corrected chi connectivity index (χ1v) is 6.74. The Kier molecular flexibility index (Phi) is 4.43. The van der Waals surface area contributed by atoms with Crippen LogP contribution in [0.1, 0.15) is 32.3 Å². The van der Waals surface area contributed by atoms with Crippen LogP contribution < -0.4 is 10.1 Å². The second-order valence-electron chi connectivity index (χ2n) is 5.08. The minimum absolute atomic E-state index is 0.490.